The molecule has 0 radical (unpaired) electrons. The van der Waals surface area contributed by atoms with E-state index in [-0.39, 0.29) is 10.8 Å². The fourth-order valence-electron chi connectivity index (χ4n) is 7.22. The molecule has 3 heteroatoms. The largest absolute Gasteiger partial charge is 0.309 e. The van der Waals surface area contributed by atoms with Gasteiger partial charge in [-0.25, -0.2) is 0 Å². The Morgan fingerprint density at radius 2 is 0.917 bits per heavy atom. The number of nitrogens with zero attached hydrogens (tertiary/aromatic N) is 3. The summed E-state index contributed by atoms with van der Waals surface area (Å²) in [6.45, 7) is 13.6. The van der Waals surface area contributed by atoms with E-state index in [0.717, 1.165) is 22.5 Å². The summed E-state index contributed by atoms with van der Waals surface area (Å²) in [6, 6.07) is 48.5. The summed E-state index contributed by atoms with van der Waals surface area (Å²) >= 11 is 0. The van der Waals surface area contributed by atoms with Gasteiger partial charge in [0.2, 0.25) is 0 Å². The summed E-state index contributed by atoms with van der Waals surface area (Å²) in [7, 11) is 0. The highest BCUT2D eigenvalue weighted by atomic mass is 15.0. The third kappa shape index (κ3) is 4.79. The maximum Gasteiger partial charge on any atom is 0.0991 e. The molecule has 0 saturated heterocycles. The molecule has 0 N–H and O–H groups in total. The number of aromatic nitrogens is 2. The Bertz CT molecular complexity index is 2440. The minimum absolute atomic E-state index is 0.0413. The van der Waals surface area contributed by atoms with E-state index in [9.17, 15) is 5.26 Å². The Kier molecular flexibility index (Phi) is 6.65. The van der Waals surface area contributed by atoms with Crippen molar-refractivity contribution in [1.82, 2.24) is 9.13 Å². The summed E-state index contributed by atoms with van der Waals surface area (Å²) in [4.78, 5) is 0. The van der Waals surface area contributed by atoms with Gasteiger partial charge in [-0.2, -0.15) is 5.26 Å². The van der Waals surface area contributed by atoms with E-state index in [1.807, 2.05) is 18.2 Å². The van der Waals surface area contributed by atoms with Crippen LogP contribution < -0.4 is 0 Å². The number of hydrogen-bond acceptors (Lipinski definition) is 1. The molecule has 0 unspecified atom stereocenters. The summed E-state index contributed by atoms with van der Waals surface area (Å²) in [5.41, 5.74) is 12.3. The number of rotatable bonds is 3. The number of nitriles is 1. The second-order valence-electron chi connectivity index (χ2n) is 15.1. The Morgan fingerprint density at radius 1 is 0.438 bits per heavy atom. The van der Waals surface area contributed by atoms with E-state index in [2.05, 4.69) is 166 Å². The molecule has 8 rings (SSSR count). The lowest BCUT2D eigenvalue weighted by Crippen LogP contribution is -2.10. The normalized spacial score (nSPS) is 12.4. The van der Waals surface area contributed by atoms with Gasteiger partial charge < -0.3 is 9.13 Å². The molecule has 8 aromatic rings. The van der Waals surface area contributed by atoms with E-state index in [4.69, 9.17) is 0 Å². The fourth-order valence-corrected chi connectivity index (χ4v) is 7.22. The van der Waals surface area contributed by atoms with Crippen molar-refractivity contribution in [2.75, 3.05) is 0 Å². The number of benzene rings is 6. The highest BCUT2D eigenvalue weighted by molar-refractivity contribution is 6.11. The van der Waals surface area contributed by atoms with Crippen molar-refractivity contribution >= 4 is 43.6 Å². The van der Waals surface area contributed by atoms with Gasteiger partial charge in [0.1, 0.15) is 0 Å². The summed E-state index contributed by atoms with van der Waals surface area (Å²) in [5.74, 6) is 0. The molecule has 234 valence electrons. The van der Waals surface area contributed by atoms with Crippen molar-refractivity contribution in [2.45, 2.75) is 52.4 Å². The van der Waals surface area contributed by atoms with Gasteiger partial charge in [0.25, 0.3) is 0 Å². The number of fused-ring (bicyclic) bond motifs is 6. The van der Waals surface area contributed by atoms with Crippen LogP contribution in [0.1, 0.15) is 58.2 Å². The summed E-state index contributed by atoms with van der Waals surface area (Å²) in [5, 5.41) is 14.8. The van der Waals surface area contributed by atoms with Gasteiger partial charge in [0, 0.05) is 32.9 Å². The Labute approximate surface area is 282 Å². The van der Waals surface area contributed by atoms with Gasteiger partial charge >= 0.3 is 0 Å². The van der Waals surface area contributed by atoms with E-state index in [1.165, 1.54) is 54.7 Å². The van der Waals surface area contributed by atoms with Gasteiger partial charge in [-0.05, 0) is 99.8 Å². The molecule has 48 heavy (non-hydrogen) atoms. The highest BCUT2D eigenvalue weighted by Gasteiger charge is 2.21. The van der Waals surface area contributed by atoms with E-state index >= 15 is 0 Å². The molecule has 0 bridgehead atoms. The van der Waals surface area contributed by atoms with Crippen LogP contribution in [0.15, 0.2) is 127 Å². The molecule has 2 heterocycles. The molecular weight excluding hydrogens is 583 g/mol. The molecular formula is C45H39N3. The van der Waals surface area contributed by atoms with Crippen molar-refractivity contribution in [1.29, 1.82) is 5.26 Å². The van der Waals surface area contributed by atoms with Gasteiger partial charge in [0.15, 0.2) is 0 Å². The van der Waals surface area contributed by atoms with Crippen molar-refractivity contribution in [3.8, 4) is 28.6 Å². The zero-order valence-electron chi connectivity index (χ0n) is 28.5. The van der Waals surface area contributed by atoms with Crippen LogP contribution >= 0.6 is 0 Å². The third-order valence-corrected chi connectivity index (χ3v) is 9.82. The number of hydrogen-bond donors (Lipinski definition) is 0. The lowest BCUT2D eigenvalue weighted by molar-refractivity contribution is 0.591. The van der Waals surface area contributed by atoms with Crippen molar-refractivity contribution in [3.05, 3.63) is 144 Å². The SMILES string of the molecule is CC(C)(C)c1ccc2c(c1)c1ccccc1n2-c1cc(-c2cccc(C#N)c2)cc(-n2c3ccccc3c3cc(C(C)(C)C)ccc32)c1. The zero-order valence-corrected chi connectivity index (χ0v) is 28.5. The predicted octanol–water partition coefficient (Wildman–Crippen LogP) is 12.0. The average molecular weight is 622 g/mol. The van der Waals surface area contributed by atoms with Crippen molar-refractivity contribution < 1.29 is 0 Å². The Hall–Kier alpha value is -5.59. The van der Waals surface area contributed by atoms with Gasteiger partial charge in [0.05, 0.1) is 33.7 Å². The van der Waals surface area contributed by atoms with E-state index in [1.54, 1.807) is 0 Å². The summed E-state index contributed by atoms with van der Waals surface area (Å²) in [6.07, 6.45) is 0. The van der Waals surface area contributed by atoms with Gasteiger partial charge in [-0.1, -0.05) is 102 Å². The van der Waals surface area contributed by atoms with Gasteiger partial charge in [-0.3, -0.25) is 0 Å². The van der Waals surface area contributed by atoms with E-state index < -0.39 is 0 Å². The highest BCUT2D eigenvalue weighted by Crippen LogP contribution is 2.40. The molecule has 3 nitrogen and oxygen atoms in total. The smallest absolute Gasteiger partial charge is 0.0991 e. The molecule has 0 aliphatic heterocycles. The van der Waals surface area contributed by atoms with Crippen LogP contribution in [0, 0.1) is 11.3 Å². The predicted molar refractivity (Wildman–Crippen MR) is 203 cm³/mol. The third-order valence-electron chi connectivity index (χ3n) is 9.82. The first-order valence-electron chi connectivity index (χ1n) is 16.7. The molecule has 0 saturated carbocycles. The number of para-hydroxylation sites is 2. The fraction of sp³-hybridized carbons (Fsp3) is 0.178. The van der Waals surface area contributed by atoms with Crippen LogP contribution in [-0.2, 0) is 10.8 Å². The van der Waals surface area contributed by atoms with Gasteiger partial charge in [-0.15, -0.1) is 0 Å². The Morgan fingerprint density at radius 3 is 1.40 bits per heavy atom. The lowest BCUT2D eigenvalue weighted by Gasteiger charge is -2.20. The monoisotopic (exact) mass is 621 g/mol. The molecule has 0 atom stereocenters. The van der Waals surface area contributed by atoms with E-state index in [0.29, 0.717) is 5.56 Å². The second kappa shape index (κ2) is 10.7. The standard InChI is InChI=1S/C45H39N3/c1-44(2,3)32-18-20-42-38(25-32)36-14-7-9-16-40(36)47(42)34-23-31(30-13-11-12-29(22-30)28-46)24-35(27-34)48-41-17-10-8-15-37(41)39-26-33(45(4,5)6)19-21-43(39)48/h7-27H,1-6H3. The lowest BCUT2D eigenvalue weighted by atomic mass is 9.86. The second-order valence-corrected chi connectivity index (χ2v) is 15.1. The maximum atomic E-state index is 9.79. The molecule has 0 aliphatic rings. The molecule has 0 amide bonds. The molecule has 0 fully saturated rings. The minimum Gasteiger partial charge on any atom is -0.309 e. The molecule has 6 aromatic carbocycles. The quantitative estimate of drug-likeness (QED) is 0.193. The molecule has 0 aliphatic carbocycles. The topological polar surface area (TPSA) is 33.6 Å². The van der Waals surface area contributed by atoms with Crippen LogP contribution in [0.5, 0.6) is 0 Å². The van der Waals surface area contributed by atoms with Crippen LogP contribution in [0.4, 0.5) is 0 Å². The first kappa shape index (κ1) is 29.8. The first-order chi connectivity index (χ1) is 23.0. The molecule has 0 spiro atoms. The van der Waals surface area contributed by atoms with Crippen LogP contribution in [0.2, 0.25) is 0 Å². The molecule has 2 aromatic heterocycles. The van der Waals surface area contributed by atoms with Crippen molar-refractivity contribution in [3.63, 3.8) is 0 Å². The summed E-state index contributed by atoms with van der Waals surface area (Å²) < 4.78 is 4.81. The van der Waals surface area contributed by atoms with Crippen LogP contribution in [0.25, 0.3) is 66.1 Å². The van der Waals surface area contributed by atoms with Crippen LogP contribution in [0.3, 0.4) is 0 Å². The average Bonchev–Trinajstić information content (AvgIpc) is 3.59. The van der Waals surface area contributed by atoms with Crippen molar-refractivity contribution in [2.24, 2.45) is 0 Å². The first-order valence-corrected chi connectivity index (χ1v) is 16.7. The zero-order chi connectivity index (χ0) is 33.4. The Balaban J connectivity index is 1.47. The van der Waals surface area contributed by atoms with Crippen LogP contribution in [-0.4, -0.2) is 9.13 Å². The maximum absolute atomic E-state index is 9.79. The minimum atomic E-state index is 0.0413.